The molecule has 0 rings (SSSR count). The van der Waals surface area contributed by atoms with Gasteiger partial charge in [-0.3, -0.25) is 18.6 Å². The van der Waals surface area contributed by atoms with Crippen molar-refractivity contribution in [1.29, 1.82) is 0 Å². The molecule has 0 aliphatic heterocycles. The van der Waals surface area contributed by atoms with Crippen LogP contribution in [0.4, 0.5) is 0 Å². The molecule has 1 unspecified atom stereocenters. The molecule has 0 aliphatic rings. The van der Waals surface area contributed by atoms with Crippen LogP contribution in [0.2, 0.25) is 0 Å². The fourth-order valence-corrected chi connectivity index (χ4v) is 9.31. The molecule has 0 aromatic heterocycles. The van der Waals surface area contributed by atoms with Crippen molar-refractivity contribution in [3.05, 3.63) is 24.3 Å². The Bertz CT molecular complexity index is 1150. The molecule has 0 aliphatic carbocycles. The smallest absolute Gasteiger partial charge is 0.462 e. The monoisotopic (exact) mass is 968 g/mol. The summed E-state index contributed by atoms with van der Waals surface area (Å²) < 4.78 is 33.0. The highest BCUT2D eigenvalue weighted by atomic mass is 31.2. The summed E-state index contributed by atoms with van der Waals surface area (Å²) in [5.74, 6) is -0.860. The van der Waals surface area contributed by atoms with Crippen LogP contribution in [0.5, 0.6) is 0 Å². The van der Waals surface area contributed by atoms with Gasteiger partial charge >= 0.3 is 19.8 Å². The van der Waals surface area contributed by atoms with E-state index in [0.29, 0.717) is 12.8 Å². The topological polar surface area (TPSA) is 134 Å². The Hall–Kier alpha value is -1.51. The molecule has 0 saturated heterocycles. The molecule has 0 saturated carbocycles. The Morgan fingerprint density at radius 3 is 1.15 bits per heavy atom. The minimum atomic E-state index is -4.39. The highest BCUT2D eigenvalue weighted by molar-refractivity contribution is 7.47. The summed E-state index contributed by atoms with van der Waals surface area (Å²) in [5, 5.41) is 0. The number of hydrogen-bond donors (Lipinski definition) is 2. The highest BCUT2D eigenvalue weighted by Gasteiger charge is 2.26. The zero-order valence-electron chi connectivity index (χ0n) is 44.2. The van der Waals surface area contributed by atoms with E-state index in [1.165, 1.54) is 218 Å². The maximum absolute atomic E-state index is 12.7. The second kappa shape index (κ2) is 53.8. The minimum Gasteiger partial charge on any atom is -0.462 e. The van der Waals surface area contributed by atoms with Crippen molar-refractivity contribution in [2.45, 2.75) is 302 Å². The Kier molecular flexibility index (Phi) is 52.6. The minimum absolute atomic E-state index is 0.0509. The van der Waals surface area contributed by atoms with Gasteiger partial charge in [0.25, 0.3) is 0 Å². The van der Waals surface area contributed by atoms with Crippen molar-refractivity contribution in [3.63, 3.8) is 0 Å². The van der Waals surface area contributed by atoms with Crippen LogP contribution in [0.3, 0.4) is 0 Å². The molecule has 67 heavy (non-hydrogen) atoms. The van der Waals surface area contributed by atoms with Crippen LogP contribution in [0, 0.1) is 0 Å². The molecule has 9 nitrogen and oxygen atoms in total. The number of carbonyl (C=O) groups excluding carboxylic acids is 2. The van der Waals surface area contributed by atoms with Gasteiger partial charge in [-0.1, -0.05) is 263 Å². The quantitative estimate of drug-likeness (QED) is 0.0264. The first-order valence-corrected chi connectivity index (χ1v) is 30.3. The second-order valence-corrected chi connectivity index (χ2v) is 21.0. The van der Waals surface area contributed by atoms with Gasteiger partial charge in [0.15, 0.2) is 6.10 Å². The van der Waals surface area contributed by atoms with Crippen LogP contribution in [-0.2, 0) is 32.7 Å². The largest absolute Gasteiger partial charge is 0.472 e. The van der Waals surface area contributed by atoms with Crippen LogP contribution < -0.4 is 5.73 Å². The third kappa shape index (κ3) is 53.7. The van der Waals surface area contributed by atoms with Gasteiger partial charge in [0.05, 0.1) is 13.2 Å². The van der Waals surface area contributed by atoms with E-state index in [1.54, 1.807) is 0 Å². The van der Waals surface area contributed by atoms with Crippen molar-refractivity contribution in [1.82, 2.24) is 0 Å². The Morgan fingerprint density at radius 2 is 0.761 bits per heavy atom. The average molecular weight is 968 g/mol. The number of hydrogen-bond acceptors (Lipinski definition) is 8. The van der Waals surface area contributed by atoms with E-state index in [4.69, 9.17) is 24.3 Å². The lowest BCUT2D eigenvalue weighted by Gasteiger charge is -2.19. The number of carbonyl (C=O) groups is 2. The zero-order valence-corrected chi connectivity index (χ0v) is 45.1. The molecular formula is C57H110NO8P. The number of allylic oxidation sites excluding steroid dienone is 4. The number of ether oxygens (including phenoxy) is 2. The van der Waals surface area contributed by atoms with Crippen LogP contribution >= 0.6 is 7.82 Å². The zero-order chi connectivity index (χ0) is 48.8. The number of esters is 2. The van der Waals surface area contributed by atoms with Gasteiger partial charge in [0.1, 0.15) is 6.61 Å². The molecule has 0 amide bonds. The molecule has 0 fully saturated rings. The van der Waals surface area contributed by atoms with Gasteiger partial charge in [-0.2, -0.15) is 0 Å². The fourth-order valence-electron chi connectivity index (χ4n) is 8.54. The molecule has 0 aromatic rings. The summed E-state index contributed by atoms with van der Waals surface area (Å²) in [6.07, 6.45) is 62.5. The average Bonchev–Trinajstić information content (AvgIpc) is 3.32. The van der Waals surface area contributed by atoms with Crippen molar-refractivity contribution < 1.29 is 37.6 Å². The molecule has 0 aromatic carbocycles. The van der Waals surface area contributed by atoms with Crippen molar-refractivity contribution in [3.8, 4) is 0 Å². The lowest BCUT2D eigenvalue weighted by atomic mass is 10.0. The van der Waals surface area contributed by atoms with Crippen LogP contribution in [0.1, 0.15) is 296 Å². The summed E-state index contributed by atoms with van der Waals surface area (Å²) >= 11 is 0. The fraction of sp³-hybridized carbons (Fsp3) is 0.895. The van der Waals surface area contributed by atoms with E-state index >= 15 is 0 Å². The number of unbranched alkanes of at least 4 members (excludes halogenated alkanes) is 38. The van der Waals surface area contributed by atoms with Crippen LogP contribution in [-0.4, -0.2) is 49.3 Å². The Labute approximate surface area is 414 Å². The number of nitrogens with two attached hydrogens (primary N) is 1. The molecule has 0 bridgehead atoms. The first kappa shape index (κ1) is 65.5. The van der Waals surface area contributed by atoms with E-state index in [0.717, 1.165) is 38.5 Å². The van der Waals surface area contributed by atoms with Gasteiger partial charge in [-0.05, 0) is 44.9 Å². The van der Waals surface area contributed by atoms with Gasteiger partial charge in [-0.25, -0.2) is 4.57 Å². The third-order valence-electron chi connectivity index (χ3n) is 12.8. The maximum Gasteiger partial charge on any atom is 0.472 e. The van der Waals surface area contributed by atoms with E-state index in [2.05, 4.69) is 38.2 Å². The Balaban J connectivity index is 3.99. The SMILES string of the molecule is CCCCCCCCCCCCCCCC/C=C/CC/C=C/CCCC(=O)OC[C@H](COP(=O)(O)OCCN)OC(=O)CCCCCCCCCCCCCCCCCCCCCCCCC. The summed E-state index contributed by atoms with van der Waals surface area (Å²) in [7, 11) is -4.39. The lowest BCUT2D eigenvalue weighted by molar-refractivity contribution is -0.161. The molecular weight excluding hydrogens is 858 g/mol. The standard InChI is InChI=1S/C57H110NO8P/c1-3-5-7-9-11-13-15-17-19-21-23-25-27-29-31-33-35-37-39-41-43-45-47-49-56(59)63-53-55(54-65-67(61,62)64-52-51-58)66-57(60)50-48-46-44-42-40-38-36-34-32-30-28-26-24-22-20-18-16-14-12-10-8-6-4-2/h33,35,41,43,55H,3-32,34,36-40,42,44-54,58H2,1-2H3,(H,61,62)/b35-33+,43-41+/t55-/m1/s1. The number of phosphoric ester groups is 1. The summed E-state index contributed by atoms with van der Waals surface area (Å²) in [4.78, 5) is 35.1. The molecule has 0 heterocycles. The first-order valence-electron chi connectivity index (χ1n) is 28.8. The summed E-state index contributed by atoms with van der Waals surface area (Å²) in [6, 6.07) is 0. The lowest BCUT2D eigenvalue weighted by Crippen LogP contribution is -2.29. The van der Waals surface area contributed by atoms with E-state index in [-0.39, 0.29) is 32.6 Å². The normalized spacial score (nSPS) is 13.2. The van der Waals surface area contributed by atoms with Crippen LogP contribution in [0.25, 0.3) is 0 Å². The highest BCUT2D eigenvalue weighted by Crippen LogP contribution is 2.43. The van der Waals surface area contributed by atoms with Crippen LogP contribution in [0.15, 0.2) is 24.3 Å². The molecule has 0 spiro atoms. The van der Waals surface area contributed by atoms with E-state index in [1.807, 2.05) is 0 Å². The van der Waals surface area contributed by atoms with E-state index < -0.39 is 32.5 Å². The van der Waals surface area contributed by atoms with Gasteiger partial charge in [-0.15, -0.1) is 0 Å². The van der Waals surface area contributed by atoms with Gasteiger partial charge in [0, 0.05) is 19.4 Å². The van der Waals surface area contributed by atoms with Gasteiger partial charge < -0.3 is 20.1 Å². The number of phosphoric acid groups is 1. The summed E-state index contributed by atoms with van der Waals surface area (Å²) in [6.45, 7) is 3.76. The van der Waals surface area contributed by atoms with Crippen molar-refractivity contribution in [2.75, 3.05) is 26.4 Å². The third-order valence-corrected chi connectivity index (χ3v) is 13.8. The molecule has 2 atom stereocenters. The number of rotatable bonds is 55. The molecule has 3 N–H and O–H groups in total. The first-order chi connectivity index (χ1) is 32.8. The maximum atomic E-state index is 12.7. The second-order valence-electron chi connectivity index (χ2n) is 19.5. The predicted octanol–water partition coefficient (Wildman–Crippen LogP) is 17.9. The van der Waals surface area contributed by atoms with E-state index in [9.17, 15) is 19.0 Å². The van der Waals surface area contributed by atoms with Gasteiger partial charge in [0.2, 0.25) is 0 Å². The van der Waals surface area contributed by atoms with Crippen molar-refractivity contribution in [2.24, 2.45) is 5.73 Å². The van der Waals surface area contributed by atoms with Crippen molar-refractivity contribution >= 4 is 19.8 Å². The summed E-state index contributed by atoms with van der Waals surface area (Å²) in [5.41, 5.74) is 5.38. The predicted molar refractivity (Wildman–Crippen MR) is 284 cm³/mol. The molecule has 10 heteroatoms. The Morgan fingerprint density at radius 1 is 0.433 bits per heavy atom. The molecule has 0 radical (unpaired) electrons. The molecule has 396 valence electrons.